The molecule has 4 heteroatoms. The van der Waals surface area contributed by atoms with Crippen molar-refractivity contribution in [2.45, 2.75) is 64.8 Å². The van der Waals surface area contributed by atoms with Crippen LogP contribution >= 0.6 is 0 Å². The van der Waals surface area contributed by atoms with Crippen molar-refractivity contribution in [1.29, 1.82) is 0 Å². The maximum Gasteiger partial charge on any atom is 0.305 e. The number of hydrogen-bond acceptors (Lipinski definition) is 4. The van der Waals surface area contributed by atoms with E-state index in [9.17, 15) is 4.79 Å². The van der Waals surface area contributed by atoms with Crippen LogP contribution in [0.1, 0.15) is 58.8 Å². The SMILES string of the molecule is CCOC(=O)CCCCCNCC(C)N1CCCCC1. The number of hydrogen-bond donors (Lipinski definition) is 1. The van der Waals surface area contributed by atoms with Crippen LogP contribution in [0.3, 0.4) is 0 Å². The first-order valence-electron chi connectivity index (χ1n) is 8.34. The van der Waals surface area contributed by atoms with E-state index in [2.05, 4.69) is 17.1 Å². The van der Waals surface area contributed by atoms with E-state index in [1.54, 1.807) is 0 Å². The number of nitrogens with zero attached hydrogens (tertiary/aromatic N) is 1. The van der Waals surface area contributed by atoms with Crippen molar-refractivity contribution in [3.8, 4) is 0 Å². The molecule has 1 heterocycles. The Kier molecular flexibility index (Phi) is 9.67. The van der Waals surface area contributed by atoms with E-state index in [0.717, 1.165) is 32.4 Å². The van der Waals surface area contributed by atoms with E-state index in [1.807, 2.05) is 6.92 Å². The van der Waals surface area contributed by atoms with Gasteiger partial charge in [0.2, 0.25) is 0 Å². The Hall–Kier alpha value is -0.610. The molecule has 0 saturated carbocycles. The summed E-state index contributed by atoms with van der Waals surface area (Å²) >= 11 is 0. The zero-order valence-electron chi connectivity index (χ0n) is 13.3. The van der Waals surface area contributed by atoms with Crippen LogP contribution < -0.4 is 5.32 Å². The second kappa shape index (κ2) is 11.1. The van der Waals surface area contributed by atoms with Crippen molar-refractivity contribution in [2.75, 3.05) is 32.8 Å². The summed E-state index contributed by atoms with van der Waals surface area (Å²) in [7, 11) is 0. The van der Waals surface area contributed by atoms with Gasteiger partial charge in [0.05, 0.1) is 6.61 Å². The third-order valence-corrected chi connectivity index (χ3v) is 3.99. The molecule has 0 spiro atoms. The zero-order chi connectivity index (χ0) is 14.6. The number of carbonyl (C=O) groups excluding carboxylic acids is 1. The average Bonchev–Trinajstić information content (AvgIpc) is 2.47. The van der Waals surface area contributed by atoms with Crippen LogP contribution in [-0.4, -0.2) is 49.7 Å². The van der Waals surface area contributed by atoms with Crippen LogP contribution in [0.4, 0.5) is 0 Å². The predicted octanol–water partition coefficient (Wildman–Crippen LogP) is 2.57. The Morgan fingerprint density at radius 3 is 2.65 bits per heavy atom. The summed E-state index contributed by atoms with van der Waals surface area (Å²) < 4.78 is 4.91. The molecule has 1 aliphatic heterocycles. The van der Waals surface area contributed by atoms with Gasteiger partial charge in [0.15, 0.2) is 0 Å². The van der Waals surface area contributed by atoms with Gasteiger partial charge in [0.1, 0.15) is 0 Å². The highest BCUT2D eigenvalue weighted by atomic mass is 16.5. The first kappa shape index (κ1) is 17.4. The van der Waals surface area contributed by atoms with E-state index in [1.165, 1.54) is 32.4 Å². The Labute approximate surface area is 124 Å². The van der Waals surface area contributed by atoms with Crippen LogP contribution in [0.25, 0.3) is 0 Å². The Morgan fingerprint density at radius 2 is 1.95 bits per heavy atom. The molecule has 0 aliphatic carbocycles. The van der Waals surface area contributed by atoms with Crippen LogP contribution in [0.15, 0.2) is 0 Å². The van der Waals surface area contributed by atoms with Gasteiger partial charge >= 0.3 is 5.97 Å². The molecule has 1 rings (SSSR count). The smallest absolute Gasteiger partial charge is 0.305 e. The van der Waals surface area contributed by atoms with Gasteiger partial charge in [-0.1, -0.05) is 12.8 Å². The lowest BCUT2D eigenvalue weighted by Crippen LogP contribution is -2.43. The van der Waals surface area contributed by atoms with E-state index < -0.39 is 0 Å². The summed E-state index contributed by atoms with van der Waals surface area (Å²) in [5.41, 5.74) is 0. The number of piperidine rings is 1. The summed E-state index contributed by atoms with van der Waals surface area (Å²) in [6.07, 6.45) is 7.88. The number of ether oxygens (including phenoxy) is 1. The molecule has 1 saturated heterocycles. The number of nitrogens with one attached hydrogen (secondary N) is 1. The average molecular weight is 284 g/mol. The largest absolute Gasteiger partial charge is 0.466 e. The minimum absolute atomic E-state index is 0.0563. The highest BCUT2D eigenvalue weighted by Gasteiger charge is 2.15. The molecule has 0 aromatic rings. The van der Waals surface area contributed by atoms with Gasteiger partial charge in [-0.05, 0) is 59.2 Å². The molecule has 118 valence electrons. The van der Waals surface area contributed by atoms with Gasteiger partial charge in [-0.25, -0.2) is 0 Å². The van der Waals surface area contributed by atoms with Gasteiger partial charge in [-0.3, -0.25) is 9.69 Å². The van der Waals surface area contributed by atoms with Crippen molar-refractivity contribution in [3.63, 3.8) is 0 Å². The minimum Gasteiger partial charge on any atom is -0.466 e. The van der Waals surface area contributed by atoms with Crippen molar-refractivity contribution in [1.82, 2.24) is 10.2 Å². The van der Waals surface area contributed by atoms with Gasteiger partial charge in [-0.2, -0.15) is 0 Å². The van der Waals surface area contributed by atoms with Crippen molar-refractivity contribution >= 4 is 5.97 Å². The third-order valence-electron chi connectivity index (χ3n) is 3.99. The Bertz CT molecular complexity index is 253. The molecule has 4 nitrogen and oxygen atoms in total. The number of rotatable bonds is 10. The third kappa shape index (κ3) is 7.85. The molecule has 0 radical (unpaired) electrons. The fourth-order valence-corrected chi connectivity index (χ4v) is 2.73. The molecular formula is C16H32N2O2. The molecule has 20 heavy (non-hydrogen) atoms. The maximum atomic E-state index is 11.2. The summed E-state index contributed by atoms with van der Waals surface area (Å²) in [5, 5.41) is 3.54. The zero-order valence-corrected chi connectivity index (χ0v) is 13.3. The molecule has 1 aliphatic rings. The van der Waals surface area contributed by atoms with Crippen molar-refractivity contribution in [3.05, 3.63) is 0 Å². The Balaban J connectivity index is 1.90. The predicted molar refractivity (Wildman–Crippen MR) is 82.9 cm³/mol. The summed E-state index contributed by atoms with van der Waals surface area (Å²) in [6.45, 7) is 9.34. The molecule has 1 atom stereocenters. The van der Waals surface area contributed by atoms with Gasteiger partial charge in [-0.15, -0.1) is 0 Å². The normalized spacial score (nSPS) is 17.9. The first-order chi connectivity index (χ1) is 9.74. The number of likely N-dealkylation sites (tertiary alicyclic amines) is 1. The molecular weight excluding hydrogens is 252 g/mol. The quantitative estimate of drug-likeness (QED) is 0.494. The molecule has 1 fully saturated rings. The lowest BCUT2D eigenvalue weighted by atomic mass is 10.1. The molecule has 0 aromatic carbocycles. The van der Waals surface area contributed by atoms with Gasteiger partial charge in [0.25, 0.3) is 0 Å². The van der Waals surface area contributed by atoms with E-state index in [4.69, 9.17) is 4.74 Å². The Morgan fingerprint density at radius 1 is 1.20 bits per heavy atom. The molecule has 0 aromatic heterocycles. The van der Waals surface area contributed by atoms with Crippen LogP contribution in [0.2, 0.25) is 0 Å². The summed E-state index contributed by atoms with van der Waals surface area (Å²) in [4.78, 5) is 13.7. The van der Waals surface area contributed by atoms with E-state index in [-0.39, 0.29) is 5.97 Å². The minimum atomic E-state index is -0.0563. The fourth-order valence-electron chi connectivity index (χ4n) is 2.73. The lowest BCUT2D eigenvalue weighted by molar-refractivity contribution is -0.143. The second-order valence-electron chi connectivity index (χ2n) is 5.77. The van der Waals surface area contributed by atoms with Crippen molar-refractivity contribution in [2.24, 2.45) is 0 Å². The highest BCUT2D eigenvalue weighted by Crippen LogP contribution is 2.11. The highest BCUT2D eigenvalue weighted by molar-refractivity contribution is 5.69. The van der Waals surface area contributed by atoms with E-state index in [0.29, 0.717) is 19.1 Å². The number of esters is 1. The molecule has 1 N–H and O–H groups in total. The number of unbranched alkanes of at least 4 members (excludes halogenated alkanes) is 2. The van der Waals surface area contributed by atoms with Gasteiger partial charge < -0.3 is 10.1 Å². The molecule has 0 amide bonds. The fraction of sp³-hybridized carbons (Fsp3) is 0.938. The molecule has 1 unspecified atom stereocenters. The van der Waals surface area contributed by atoms with Crippen LogP contribution in [0, 0.1) is 0 Å². The van der Waals surface area contributed by atoms with E-state index >= 15 is 0 Å². The summed E-state index contributed by atoms with van der Waals surface area (Å²) in [6, 6.07) is 0.648. The van der Waals surface area contributed by atoms with Crippen molar-refractivity contribution < 1.29 is 9.53 Å². The standard InChI is InChI=1S/C16H32N2O2/c1-3-20-16(19)10-6-4-7-11-17-14-15(2)18-12-8-5-9-13-18/h15,17H,3-14H2,1-2H3. The number of carbonyl (C=O) groups is 1. The second-order valence-corrected chi connectivity index (χ2v) is 5.77. The van der Waals surface area contributed by atoms with Crippen LogP contribution in [0.5, 0.6) is 0 Å². The lowest BCUT2D eigenvalue weighted by Gasteiger charge is -2.32. The van der Waals surface area contributed by atoms with Gasteiger partial charge in [0, 0.05) is 19.0 Å². The van der Waals surface area contributed by atoms with Crippen LogP contribution in [-0.2, 0) is 9.53 Å². The monoisotopic (exact) mass is 284 g/mol. The summed E-state index contributed by atoms with van der Waals surface area (Å²) in [5.74, 6) is -0.0563. The maximum absolute atomic E-state index is 11.2. The molecule has 0 bridgehead atoms. The topological polar surface area (TPSA) is 41.6 Å². The first-order valence-corrected chi connectivity index (χ1v) is 8.34.